The molecule has 5 nitrogen and oxygen atoms in total. The van der Waals surface area contributed by atoms with Crippen molar-refractivity contribution in [1.29, 1.82) is 5.26 Å². The van der Waals surface area contributed by atoms with Crippen molar-refractivity contribution in [3.8, 4) is 6.07 Å². The van der Waals surface area contributed by atoms with Gasteiger partial charge in [0.2, 0.25) is 5.91 Å². The van der Waals surface area contributed by atoms with Gasteiger partial charge in [-0.05, 0) is 14.0 Å². The van der Waals surface area contributed by atoms with Crippen LogP contribution in [0.4, 0.5) is 0 Å². The molecule has 1 fully saturated rings. The molecule has 2 unspecified atom stereocenters. The van der Waals surface area contributed by atoms with Crippen molar-refractivity contribution in [2.24, 2.45) is 0 Å². The predicted octanol–water partition coefficient (Wildman–Crippen LogP) is 0.0776. The van der Waals surface area contributed by atoms with Crippen LogP contribution in [0.1, 0.15) is 13.3 Å². The van der Waals surface area contributed by atoms with E-state index in [0.717, 1.165) is 0 Å². The molecule has 0 spiro atoms. The molecule has 0 saturated carbocycles. The summed E-state index contributed by atoms with van der Waals surface area (Å²) >= 11 is 0. The first-order valence-corrected chi connectivity index (χ1v) is 5.48. The van der Waals surface area contributed by atoms with Gasteiger partial charge in [-0.2, -0.15) is 5.26 Å². The number of nitrogens with zero attached hydrogens (tertiary/aromatic N) is 3. The van der Waals surface area contributed by atoms with Gasteiger partial charge in [-0.15, -0.1) is 0 Å². The second-order valence-corrected chi connectivity index (χ2v) is 4.17. The Morgan fingerprint density at radius 2 is 2.31 bits per heavy atom. The van der Waals surface area contributed by atoms with Crippen molar-refractivity contribution in [3.63, 3.8) is 0 Å². The summed E-state index contributed by atoms with van der Waals surface area (Å²) in [6.45, 7) is 3.92. The molecule has 1 amide bonds. The lowest BCUT2D eigenvalue weighted by Crippen LogP contribution is -2.59. The van der Waals surface area contributed by atoms with E-state index in [2.05, 4.69) is 13.0 Å². The number of carbonyl (C=O) groups excluding carboxylic acids is 1. The van der Waals surface area contributed by atoms with Crippen molar-refractivity contribution in [1.82, 2.24) is 9.80 Å². The van der Waals surface area contributed by atoms with Crippen LogP contribution in [0, 0.1) is 11.3 Å². The zero-order valence-corrected chi connectivity index (χ0v) is 10.1. The molecule has 0 bridgehead atoms. The molecule has 5 heteroatoms. The normalized spacial score (nSPS) is 26.9. The number of methoxy groups -OCH3 is 1. The Morgan fingerprint density at radius 3 is 2.88 bits per heavy atom. The molecule has 0 aromatic rings. The maximum Gasteiger partial charge on any atom is 0.241 e. The Morgan fingerprint density at radius 1 is 1.62 bits per heavy atom. The Balaban J connectivity index is 2.69. The Labute approximate surface area is 96.6 Å². The smallest absolute Gasteiger partial charge is 0.241 e. The summed E-state index contributed by atoms with van der Waals surface area (Å²) in [5.41, 5.74) is 0. The molecule has 0 aromatic heterocycles. The first-order valence-electron chi connectivity index (χ1n) is 5.48. The van der Waals surface area contributed by atoms with Crippen molar-refractivity contribution in [3.05, 3.63) is 0 Å². The van der Waals surface area contributed by atoms with E-state index in [4.69, 9.17) is 10.00 Å². The minimum Gasteiger partial charge on any atom is -0.383 e. The lowest BCUT2D eigenvalue weighted by Gasteiger charge is -2.42. The predicted molar refractivity (Wildman–Crippen MR) is 59.7 cm³/mol. The van der Waals surface area contributed by atoms with Gasteiger partial charge in [0.25, 0.3) is 0 Å². The van der Waals surface area contributed by atoms with Crippen LogP contribution in [-0.4, -0.2) is 61.6 Å². The van der Waals surface area contributed by atoms with Crippen molar-refractivity contribution in [2.45, 2.75) is 25.4 Å². The number of rotatable bonds is 4. The van der Waals surface area contributed by atoms with Gasteiger partial charge in [-0.1, -0.05) is 0 Å². The summed E-state index contributed by atoms with van der Waals surface area (Å²) in [6, 6.07) is 2.06. The van der Waals surface area contributed by atoms with Crippen molar-refractivity contribution >= 4 is 5.91 Å². The van der Waals surface area contributed by atoms with Gasteiger partial charge in [0.1, 0.15) is 6.04 Å². The molecule has 1 rings (SSSR count). The Hall–Kier alpha value is -1.12. The van der Waals surface area contributed by atoms with Crippen LogP contribution in [-0.2, 0) is 9.53 Å². The molecule has 1 aliphatic rings. The monoisotopic (exact) mass is 225 g/mol. The van der Waals surface area contributed by atoms with E-state index in [1.807, 2.05) is 11.9 Å². The van der Waals surface area contributed by atoms with E-state index in [-0.39, 0.29) is 24.4 Å². The van der Waals surface area contributed by atoms with Gasteiger partial charge < -0.3 is 9.64 Å². The summed E-state index contributed by atoms with van der Waals surface area (Å²) in [5.74, 6) is 0.0409. The maximum absolute atomic E-state index is 12.1. The van der Waals surface area contributed by atoms with Crippen LogP contribution in [0.2, 0.25) is 0 Å². The topological polar surface area (TPSA) is 56.6 Å². The summed E-state index contributed by atoms with van der Waals surface area (Å²) in [4.78, 5) is 15.8. The van der Waals surface area contributed by atoms with Gasteiger partial charge in [0, 0.05) is 26.2 Å². The van der Waals surface area contributed by atoms with E-state index < -0.39 is 0 Å². The molecule has 1 heterocycles. The SMILES string of the molecule is COCCN1CC(C)N(C)C(CC#N)C1=O. The van der Waals surface area contributed by atoms with Gasteiger partial charge in [0.05, 0.1) is 19.1 Å². The number of hydrogen-bond acceptors (Lipinski definition) is 4. The average molecular weight is 225 g/mol. The molecule has 1 aliphatic heterocycles. The Kier molecular flexibility index (Phi) is 4.71. The van der Waals surface area contributed by atoms with Crippen LogP contribution in [0.3, 0.4) is 0 Å². The number of piperazine rings is 1. The maximum atomic E-state index is 12.1. The fraction of sp³-hybridized carbons (Fsp3) is 0.818. The number of hydrogen-bond donors (Lipinski definition) is 0. The molecule has 2 atom stereocenters. The highest BCUT2D eigenvalue weighted by Gasteiger charge is 2.35. The summed E-state index contributed by atoms with van der Waals surface area (Å²) in [6.07, 6.45) is 0.253. The van der Waals surface area contributed by atoms with Crippen LogP contribution in [0.25, 0.3) is 0 Å². The van der Waals surface area contributed by atoms with Gasteiger partial charge in [-0.25, -0.2) is 0 Å². The zero-order valence-electron chi connectivity index (χ0n) is 10.1. The Bertz CT molecular complexity index is 287. The number of likely N-dealkylation sites (N-methyl/N-ethyl adjacent to an activating group) is 1. The number of nitriles is 1. The van der Waals surface area contributed by atoms with Crippen LogP contribution >= 0.6 is 0 Å². The van der Waals surface area contributed by atoms with Crippen molar-refractivity contribution < 1.29 is 9.53 Å². The molecule has 0 radical (unpaired) electrons. The molecule has 0 aromatic carbocycles. The second kappa shape index (κ2) is 5.83. The molecule has 16 heavy (non-hydrogen) atoms. The largest absolute Gasteiger partial charge is 0.383 e. The lowest BCUT2D eigenvalue weighted by molar-refractivity contribution is -0.144. The number of amides is 1. The van der Waals surface area contributed by atoms with Gasteiger partial charge in [-0.3, -0.25) is 9.69 Å². The molecule has 90 valence electrons. The molecule has 0 aliphatic carbocycles. The third-order valence-corrected chi connectivity index (χ3v) is 3.12. The molecular weight excluding hydrogens is 206 g/mol. The second-order valence-electron chi connectivity index (χ2n) is 4.17. The number of ether oxygens (including phenoxy) is 1. The third-order valence-electron chi connectivity index (χ3n) is 3.12. The molecular formula is C11H19N3O2. The average Bonchev–Trinajstić information content (AvgIpc) is 2.27. The first kappa shape index (κ1) is 12.9. The summed E-state index contributed by atoms with van der Waals surface area (Å²) in [7, 11) is 3.52. The van der Waals surface area contributed by atoms with Gasteiger partial charge >= 0.3 is 0 Å². The van der Waals surface area contributed by atoms with Crippen LogP contribution < -0.4 is 0 Å². The number of carbonyl (C=O) groups is 1. The van der Waals surface area contributed by atoms with E-state index in [9.17, 15) is 4.79 Å². The zero-order chi connectivity index (χ0) is 12.1. The van der Waals surface area contributed by atoms with Crippen LogP contribution in [0.15, 0.2) is 0 Å². The minimum atomic E-state index is -0.300. The molecule has 1 saturated heterocycles. The summed E-state index contributed by atoms with van der Waals surface area (Å²) in [5, 5.41) is 8.73. The highest BCUT2D eigenvalue weighted by molar-refractivity contribution is 5.83. The van der Waals surface area contributed by atoms with E-state index in [1.165, 1.54) is 0 Å². The fourth-order valence-corrected chi connectivity index (χ4v) is 1.95. The quantitative estimate of drug-likeness (QED) is 0.680. The standard InChI is InChI=1S/C11H19N3O2/c1-9-8-14(6-7-16-3)11(15)10(4-5-12)13(9)2/h9-10H,4,6-8H2,1-3H3. The lowest BCUT2D eigenvalue weighted by atomic mass is 10.0. The fourth-order valence-electron chi connectivity index (χ4n) is 1.95. The van der Waals surface area contributed by atoms with Crippen molar-refractivity contribution in [2.75, 3.05) is 33.9 Å². The van der Waals surface area contributed by atoms with E-state index in [1.54, 1.807) is 12.0 Å². The van der Waals surface area contributed by atoms with Crippen LogP contribution in [0.5, 0.6) is 0 Å². The highest BCUT2D eigenvalue weighted by Crippen LogP contribution is 2.17. The van der Waals surface area contributed by atoms with Gasteiger partial charge in [0.15, 0.2) is 0 Å². The van der Waals surface area contributed by atoms with E-state index >= 15 is 0 Å². The highest BCUT2D eigenvalue weighted by atomic mass is 16.5. The first-order chi connectivity index (χ1) is 7.61. The molecule has 0 N–H and O–H groups in total. The van der Waals surface area contributed by atoms with E-state index in [0.29, 0.717) is 19.7 Å². The minimum absolute atomic E-state index is 0.0409. The summed E-state index contributed by atoms with van der Waals surface area (Å²) < 4.78 is 4.98. The third kappa shape index (κ3) is 2.71.